The van der Waals surface area contributed by atoms with Gasteiger partial charge in [-0.05, 0) is 12.5 Å². The molecule has 6 nitrogen and oxygen atoms in total. The highest BCUT2D eigenvalue weighted by molar-refractivity contribution is 7.18. The molecule has 0 fully saturated rings. The van der Waals surface area contributed by atoms with Crippen molar-refractivity contribution in [1.82, 2.24) is 5.32 Å². The lowest BCUT2D eigenvalue weighted by molar-refractivity contribution is 0.0705. The Labute approximate surface area is 117 Å². The average Bonchev–Trinajstić information content (AvgIpc) is 2.78. The maximum Gasteiger partial charge on any atom is 0.263 e. The summed E-state index contributed by atoms with van der Waals surface area (Å²) in [4.78, 5) is 12.0. The fraction of sp³-hybridized carbons (Fsp3) is 0.583. The van der Waals surface area contributed by atoms with E-state index in [1.54, 1.807) is 20.2 Å². The molecule has 0 aliphatic rings. The second kappa shape index (κ2) is 8.73. The number of hydrogen-bond donors (Lipinski definition) is 3. The number of anilines is 2. The summed E-state index contributed by atoms with van der Waals surface area (Å²) in [6, 6.07) is 1.78. The molecule has 0 bridgehead atoms. The van der Waals surface area contributed by atoms with Gasteiger partial charge < -0.3 is 25.8 Å². The maximum atomic E-state index is 11.5. The highest BCUT2D eigenvalue weighted by Crippen LogP contribution is 2.28. The minimum atomic E-state index is -0.154. The third kappa shape index (κ3) is 5.46. The third-order valence-electron chi connectivity index (χ3n) is 2.39. The molecule has 19 heavy (non-hydrogen) atoms. The van der Waals surface area contributed by atoms with Crippen molar-refractivity contribution in [2.75, 3.05) is 51.6 Å². The Morgan fingerprint density at radius 3 is 2.89 bits per heavy atom. The summed E-state index contributed by atoms with van der Waals surface area (Å²) >= 11 is 1.36. The van der Waals surface area contributed by atoms with Crippen LogP contribution in [0, 0.1) is 0 Å². The lowest BCUT2D eigenvalue weighted by Crippen LogP contribution is -2.17. The van der Waals surface area contributed by atoms with E-state index < -0.39 is 0 Å². The van der Waals surface area contributed by atoms with E-state index in [9.17, 15) is 4.79 Å². The molecule has 108 valence electrons. The lowest BCUT2D eigenvalue weighted by Gasteiger charge is -2.04. The number of nitrogen functional groups attached to an aromatic ring is 1. The molecule has 0 unspecified atom stereocenters. The van der Waals surface area contributed by atoms with Crippen LogP contribution in [0.4, 0.5) is 10.7 Å². The molecule has 0 atom stereocenters. The third-order valence-corrected chi connectivity index (χ3v) is 3.50. The molecule has 1 amide bonds. The maximum absolute atomic E-state index is 11.5. The summed E-state index contributed by atoms with van der Waals surface area (Å²) < 4.78 is 10.2. The first kappa shape index (κ1) is 15.7. The molecular formula is C12H21N3O3S. The van der Waals surface area contributed by atoms with Crippen LogP contribution in [0.1, 0.15) is 16.1 Å². The van der Waals surface area contributed by atoms with Gasteiger partial charge in [-0.2, -0.15) is 0 Å². The highest BCUT2D eigenvalue weighted by atomic mass is 32.1. The van der Waals surface area contributed by atoms with Crippen LogP contribution in [-0.2, 0) is 9.47 Å². The monoisotopic (exact) mass is 287 g/mol. The first-order valence-corrected chi connectivity index (χ1v) is 6.92. The zero-order valence-corrected chi connectivity index (χ0v) is 12.1. The lowest BCUT2D eigenvalue weighted by atomic mass is 10.3. The van der Waals surface area contributed by atoms with Gasteiger partial charge >= 0.3 is 0 Å². The Morgan fingerprint density at radius 1 is 1.42 bits per heavy atom. The summed E-state index contributed by atoms with van der Waals surface area (Å²) in [5.41, 5.74) is 6.28. The molecular weight excluding hydrogens is 266 g/mol. The van der Waals surface area contributed by atoms with Crippen LogP contribution < -0.4 is 16.4 Å². The van der Waals surface area contributed by atoms with Gasteiger partial charge in [0, 0.05) is 27.3 Å². The van der Waals surface area contributed by atoms with E-state index in [1.807, 2.05) is 0 Å². The summed E-state index contributed by atoms with van der Waals surface area (Å²) in [7, 11) is 3.24. The van der Waals surface area contributed by atoms with Crippen molar-refractivity contribution >= 4 is 27.9 Å². The molecule has 4 N–H and O–H groups in total. The number of carbonyl (C=O) groups excluding carboxylic acids is 1. The van der Waals surface area contributed by atoms with Gasteiger partial charge in [0.05, 0.1) is 23.9 Å². The van der Waals surface area contributed by atoms with Crippen molar-refractivity contribution < 1.29 is 14.3 Å². The van der Waals surface area contributed by atoms with Crippen LogP contribution in [0.25, 0.3) is 0 Å². The Bertz CT molecular complexity index is 396. The first-order valence-electron chi connectivity index (χ1n) is 6.11. The summed E-state index contributed by atoms with van der Waals surface area (Å²) in [5, 5.41) is 6.68. The fourth-order valence-electron chi connectivity index (χ4n) is 1.41. The first-order chi connectivity index (χ1) is 9.19. The molecule has 1 rings (SSSR count). The number of amides is 1. The zero-order chi connectivity index (χ0) is 14.1. The Balaban J connectivity index is 2.25. The number of nitrogens with two attached hydrogens (primary N) is 1. The van der Waals surface area contributed by atoms with Gasteiger partial charge in [0.25, 0.3) is 5.91 Å². The van der Waals surface area contributed by atoms with Gasteiger partial charge in [0.1, 0.15) is 4.88 Å². The number of thiophene rings is 1. The number of hydrogen-bond acceptors (Lipinski definition) is 6. The normalized spacial score (nSPS) is 10.4. The molecule has 1 aromatic heterocycles. The van der Waals surface area contributed by atoms with E-state index in [0.717, 1.165) is 18.0 Å². The smallest absolute Gasteiger partial charge is 0.263 e. The van der Waals surface area contributed by atoms with Crippen molar-refractivity contribution in [3.63, 3.8) is 0 Å². The topological polar surface area (TPSA) is 85.6 Å². The largest absolute Gasteiger partial charge is 0.397 e. The van der Waals surface area contributed by atoms with Crippen LogP contribution in [0.3, 0.4) is 0 Å². The SMILES string of the molecule is CNC(=O)c1sc(NCCCOCCOC)cc1N. The Morgan fingerprint density at radius 2 is 2.21 bits per heavy atom. The number of methoxy groups -OCH3 is 1. The van der Waals surface area contributed by atoms with Crippen molar-refractivity contribution in [1.29, 1.82) is 0 Å². The minimum absolute atomic E-state index is 0.154. The Kier molecular flexibility index (Phi) is 7.24. The second-order valence-corrected chi connectivity index (χ2v) is 4.91. The van der Waals surface area contributed by atoms with Crippen LogP contribution in [0.15, 0.2) is 6.07 Å². The van der Waals surface area contributed by atoms with Crippen LogP contribution in [-0.4, -0.2) is 46.4 Å². The second-order valence-electron chi connectivity index (χ2n) is 3.86. The molecule has 0 aromatic carbocycles. The van der Waals surface area contributed by atoms with Gasteiger partial charge in [-0.25, -0.2) is 0 Å². The predicted molar refractivity (Wildman–Crippen MR) is 77.9 cm³/mol. The molecule has 0 aliphatic carbocycles. The fourth-order valence-corrected chi connectivity index (χ4v) is 2.36. The molecule has 0 saturated heterocycles. The van der Waals surface area contributed by atoms with E-state index >= 15 is 0 Å². The van der Waals surface area contributed by atoms with Crippen molar-refractivity contribution in [2.24, 2.45) is 0 Å². The Hall–Kier alpha value is -1.31. The van der Waals surface area contributed by atoms with Crippen molar-refractivity contribution in [2.45, 2.75) is 6.42 Å². The average molecular weight is 287 g/mol. The van der Waals surface area contributed by atoms with Crippen LogP contribution >= 0.6 is 11.3 Å². The molecule has 1 heterocycles. The number of carbonyl (C=O) groups is 1. The molecule has 7 heteroatoms. The number of rotatable bonds is 9. The number of ether oxygens (including phenoxy) is 2. The standard InChI is InChI=1S/C12H21N3O3S/c1-14-12(16)11-9(13)8-10(19-11)15-4-3-5-18-7-6-17-2/h8,15H,3-7,13H2,1-2H3,(H,14,16). The summed E-state index contributed by atoms with van der Waals surface area (Å²) in [6.07, 6.45) is 0.886. The van der Waals surface area contributed by atoms with Gasteiger partial charge in [0.2, 0.25) is 0 Å². The van der Waals surface area contributed by atoms with Gasteiger partial charge in [-0.15, -0.1) is 11.3 Å². The molecule has 1 aromatic rings. The van der Waals surface area contributed by atoms with E-state index in [2.05, 4.69) is 10.6 Å². The number of nitrogens with one attached hydrogen (secondary N) is 2. The molecule has 0 aliphatic heterocycles. The van der Waals surface area contributed by atoms with E-state index in [4.69, 9.17) is 15.2 Å². The minimum Gasteiger partial charge on any atom is -0.397 e. The van der Waals surface area contributed by atoms with Gasteiger partial charge in [-0.3, -0.25) is 4.79 Å². The summed E-state index contributed by atoms with van der Waals surface area (Å²) in [5.74, 6) is -0.154. The van der Waals surface area contributed by atoms with Crippen LogP contribution in [0.5, 0.6) is 0 Å². The van der Waals surface area contributed by atoms with Crippen molar-refractivity contribution in [3.05, 3.63) is 10.9 Å². The quantitative estimate of drug-likeness (QED) is 0.593. The highest BCUT2D eigenvalue weighted by Gasteiger charge is 2.12. The van der Waals surface area contributed by atoms with Gasteiger partial charge in [-0.1, -0.05) is 0 Å². The van der Waals surface area contributed by atoms with E-state index in [0.29, 0.717) is 30.4 Å². The predicted octanol–water partition coefficient (Wildman–Crippen LogP) is 1.15. The van der Waals surface area contributed by atoms with Crippen molar-refractivity contribution in [3.8, 4) is 0 Å². The van der Waals surface area contributed by atoms with Gasteiger partial charge in [0.15, 0.2) is 0 Å². The van der Waals surface area contributed by atoms with E-state index in [1.165, 1.54) is 11.3 Å². The zero-order valence-electron chi connectivity index (χ0n) is 11.3. The molecule has 0 saturated carbocycles. The molecule has 0 spiro atoms. The summed E-state index contributed by atoms with van der Waals surface area (Å²) in [6.45, 7) is 2.69. The van der Waals surface area contributed by atoms with Crippen LogP contribution in [0.2, 0.25) is 0 Å². The molecule has 0 radical (unpaired) electrons. The van der Waals surface area contributed by atoms with E-state index in [-0.39, 0.29) is 5.91 Å².